The molecule has 1 aromatic heterocycles. The van der Waals surface area contributed by atoms with Crippen LogP contribution in [0.5, 0.6) is 5.75 Å². The molecular weight excluding hydrogens is 362 g/mol. The molecule has 0 saturated heterocycles. The smallest absolute Gasteiger partial charge is 0.343 e. The Morgan fingerprint density at radius 2 is 2.12 bits per heavy atom. The molecule has 25 heavy (non-hydrogen) atoms. The van der Waals surface area contributed by atoms with Crippen molar-refractivity contribution < 1.29 is 14.3 Å². The summed E-state index contributed by atoms with van der Waals surface area (Å²) >= 11 is 7.56. The summed E-state index contributed by atoms with van der Waals surface area (Å²) in [4.78, 5) is 21.0. The van der Waals surface area contributed by atoms with E-state index in [0.717, 1.165) is 5.56 Å². The molecule has 0 fully saturated rings. The Labute approximate surface area is 156 Å². The first-order valence-electron chi connectivity index (χ1n) is 7.66. The molecule has 0 atom stereocenters. The number of rotatable bonds is 7. The van der Waals surface area contributed by atoms with Gasteiger partial charge in [-0.05, 0) is 37.8 Å². The lowest BCUT2D eigenvalue weighted by atomic mass is 10.2. The number of nitrogens with zero attached hydrogens (tertiary/aromatic N) is 2. The molecule has 1 heterocycles. The highest BCUT2D eigenvalue weighted by atomic mass is 35.5. The molecular formula is C17H20ClN3O3S. The average molecular weight is 382 g/mol. The summed E-state index contributed by atoms with van der Waals surface area (Å²) in [7, 11) is 1.57. The highest BCUT2D eigenvalue weighted by molar-refractivity contribution is 7.98. The molecule has 0 aliphatic heterocycles. The number of ether oxygens (including phenoxy) is 2. The highest BCUT2D eigenvalue weighted by Crippen LogP contribution is 2.26. The van der Waals surface area contributed by atoms with Crippen LogP contribution in [0.4, 0.5) is 5.82 Å². The van der Waals surface area contributed by atoms with Gasteiger partial charge in [0.25, 0.3) is 0 Å². The number of methoxy groups -OCH3 is 1. The second-order valence-corrected chi connectivity index (χ2v) is 6.24. The normalized spacial score (nSPS) is 10.4. The molecule has 0 aliphatic carbocycles. The molecule has 0 aliphatic rings. The number of carbonyl (C=O) groups excluding carboxylic acids is 1. The number of halogens is 1. The second-order valence-electron chi connectivity index (χ2n) is 5.06. The van der Waals surface area contributed by atoms with Crippen LogP contribution in [0, 0.1) is 6.92 Å². The number of benzene rings is 1. The van der Waals surface area contributed by atoms with Crippen LogP contribution in [0.2, 0.25) is 5.02 Å². The molecule has 0 unspecified atom stereocenters. The van der Waals surface area contributed by atoms with E-state index < -0.39 is 5.97 Å². The molecule has 6 nitrogen and oxygen atoms in total. The van der Waals surface area contributed by atoms with Crippen molar-refractivity contribution in [1.82, 2.24) is 9.97 Å². The standard InChI is InChI=1S/C17H20ClN3O3S/c1-5-24-16(22)14-10(2)20-17(25-4)21-15(14)19-9-11-6-7-13(23-3)12(18)8-11/h6-8H,5,9H2,1-4H3,(H,19,20,21). The first-order chi connectivity index (χ1) is 12.0. The maximum Gasteiger partial charge on any atom is 0.343 e. The number of aryl methyl sites for hydroxylation is 1. The second kappa shape index (κ2) is 8.92. The Morgan fingerprint density at radius 1 is 1.36 bits per heavy atom. The van der Waals surface area contributed by atoms with Crippen LogP contribution in [0.3, 0.4) is 0 Å². The zero-order valence-electron chi connectivity index (χ0n) is 14.6. The van der Waals surface area contributed by atoms with Gasteiger partial charge in [0.05, 0.1) is 24.4 Å². The predicted octanol–water partition coefficient (Wildman–Crippen LogP) is 3.96. The zero-order valence-corrected chi connectivity index (χ0v) is 16.1. The number of carbonyl (C=O) groups is 1. The summed E-state index contributed by atoms with van der Waals surface area (Å²) in [5.74, 6) is 0.616. The van der Waals surface area contributed by atoms with Crippen molar-refractivity contribution in [3.8, 4) is 5.75 Å². The molecule has 134 valence electrons. The SMILES string of the molecule is CCOC(=O)c1c(C)nc(SC)nc1NCc1ccc(OC)c(Cl)c1. The van der Waals surface area contributed by atoms with E-state index in [9.17, 15) is 4.79 Å². The van der Waals surface area contributed by atoms with Crippen LogP contribution < -0.4 is 10.1 Å². The monoisotopic (exact) mass is 381 g/mol. The van der Waals surface area contributed by atoms with Gasteiger partial charge in [0.2, 0.25) is 0 Å². The molecule has 2 aromatic rings. The third kappa shape index (κ3) is 4.76. The quantitative estimate of drug-likeness (QED) is 0.442. The van der Waals surface area contributed by atoms with Crippen LogP contribution >= 0.6 is 23.4 Å². The van der Waals surface area contributed by atoms with Gasteiger partial charge in [-0.3, -0.25) is 0 Å². The number of esters is 1. The van der Waals surface area contributed by atoms with Gasteiger partial charge in [-0.15, -0.1) is 0 Å². The summed E-state index contributed by atoms with van der Waals surface area (Å²) in [6, 6.07) is 5.50. The molecule has 1 aromatic carbocycles. The molecule has 0 bridgehead atoms. The van der Waals surface area contributed by atoms with Crippen molar-refractivity contribution in [2.45, 2.75) is 25.5 Å². The topological polar surface area (TPSA) is 73.3 Å². The van der Waals surface area contributed by atoms with E-state index in [4.69, 9.17) is 21.1 Å². The Bertz CT molecular complexity index is 771. The minimum absolute atomic E-state index is 0.288. The van der Waals surface area contributed by atoms with Gasteiger partial charge in [-0.2, -0.15) is 0 Å². The Hall–Kier alpha value is -1.99. The number of hydrogen-bond acceptors (Lipinski definition) is 7. The van der Waals surface area contributed by atoms with E-state index in [0.29, 0.717) is 39.5 Å². The molecule has 0 amide bonds. The number of hydrogen-bond donors (Lipinski definition) is 1. The van der Waals surface area contributed by atoms with Crippen LogP contribution in [0.1, 0.15) is 28.5 Å². The summed E-state index contributed by atoms with van der Waals surface area (Å²) in [6.45, 7) is 4.26. The van der Waals surface area contributed by atoms with E-state index in [-0.39, 0.29) is 6.61 Å². The first kappa shape index (κ1) is 19.3. The first-order valence-corrected chi connectivity index (χ1v) is 9.26. The molecule has 8 heteroatoms. The van der Waals surface area contributed by atoms with Crippen LogP contribution in [-0.4, -0.2) is 35.9 Å². The van der Waals surface area contributed by atoms with Crippen molar-refractivity contribution >= 4 is 35.1 Å². The van der Waals surface area contributed by atoms with Crippen molar-refractivity contribution in [3.63, 3.8) is 0 Å². The summed E-state index contributed by atoms with van der Waals surface area (Å²) in [5, 5.41) is 4.29. The molecule has 2 rings (SSSR count). The van der Waals surface area contributed by atoms with Gasteiger partial charge >= 0.3 is 5.97 Å². The lowest BCUT2D eigenvalue weighted by Gasteiger charge is -2.14. The largest absolute Gasteiger partial charge is 0.495 e. The Morgan fingerprint density at radius 3 is 2.72 bits per heavy atom. The Balaban J connectivity index is 2.29. The fourth-order valence-corrected chi connectivity index (χ4v) is 2.91. The third-order valence-corrected chi connectivity index (χ3v) is 4.25. The minimum atomic E-state index is -0.442. The number of nitrogens with one attached hydrogen (secondary N) is 1. The summed E-state index contributed by atoms with van der Waals surface area (Å²) < 4.78 is 10.3. The van der Waals surface area contributed by atoms with Crippen molar-refractivity contribution in [2.24, 2.45) is 0 Å². The van der Waals surface area contributed by atoms with Gasteiger partial charge in [0.1, 0.15) is 17.1 Å². The number of thioether (sulfide) groups is 1. The molecule has 0 saturated carbocycles. The van der Waals surface area contributed by atoms with E-state index in [1.54, 1.807) is 33.1 Å². The van der Waals surface area contributed by atoms with Gasteiger partial charge in [0, 0.05) is 6.54 Å². The minimum Gasteiger partial charge on any atom is -0.495 e. The van der Waals surface area contributed by atoms with E-state index in [2.05, 4.69) is 15.3 Å². The van der Waals surface area contributed by atoms with Gasteiger partial charge in [0.15, 0.2) is 5.16 Å². The Kier molecular flexibility index (Phi) is 6.90. The third-order valence-electron chi connectivity index (χ3n) is 3.41. The van der Waals surface area contributed by atoms with E-state index in [1.165, 1.54) is 11.8 Å². The number of aromatic nitrogens is 2. The van der Waals surface area contributed by atoms with Crippen LogP contribution in [-0.2, 0) is 11.3 Å². The van der Waals surface area contributed by atoms with E-state index >= 15 is 0 Å². The molecule has 0 spiro atoms. The zero-order chi connectivity index (χ0) is 18.4. The number of anilines is 1. The molecule has 1 N–H and O–H groups in total. The summed E-state index contributed by atoms with van der Waals surface area (Å²) in [6.07, 6.45) is 1.88. The van der Waals surface area contributed by atoms with Crippen molar-refractivity contribution in [1.29, 1.82) is 0 Å². The maximum atomic E-state index is 12.2. The fourth-order valence-electron chi connectivity index (χ4n) is 2.22. The average Bonchev–Trinajstić information content (AvgIpc) is 2.59. The van der Waals surface area contributed by atoms with Crippen LogP contribution in [0.25, 0.3) is 0 Å². The van der Waals surface area contributed by atoms with Gasteiger partial charge < -0.3 is 14.8 Å². The van der Waals surface area contributed by atoms with Gasteiger partial charge in [-0.1, -0.05) is 29.4 Å². The van der Waals surface area contributed by atoms with Crippen LogP contribution in [0.15, 0.2) is 23.4 Å². The lowest BCUT2D eigenvalue weighted by Crippen LogP contribution is -2.15. The predicted molar refractivity (Wildman–Crippen MR) is 99.8 cm³/mol. The van der Waals surface area contributed by atoms with Crippen molar-refractivity contribution in [2.75, 3.05) is 25.3 Å². The maximum absolute atomic E-state index is 12.2. The van der Waals surface area contributed by atoms with E-state index in [1.807, 2.05) is 12.3 Å². The van der Waals surface area contributed by atoms with Gasteiger partial charge in [-0.25, -0.2) is 14.8 Å². The fraction of sp³-hybridized carbons (Fsp3) is 0.353. The highest BCUT2D eigenvalue weighted by Gasteiger charge is 2.19. The molecule has 0 radical (unpaired) electrons. The van der Waals surface area contributed by atoms with Crippen molar-refractivity contribution in [3.05, 3.63) is 40.0 Å². The lowest BCUT2D eigenvalue weighted by molar-refractivity contribution is 0.0525. The summed E-state index contributed by atoms with van der Waals surface area (Å²) in [5.41, 5.74) is 1.86.